The summed E-state index contributed by atoms with van der Waals surface area (Å²) in [6.45, 7) is 8.77. The molecule has 1 aromatic heterocycles. The molecule has 1 heterocycles. The first kappa shape index (κ1) is 20.6. The summed E-state index contributed by atoms with van der Waals surface area (Å²) in [5.41, 5.74) is 0.684. The van der Waals surface area contributed by atoms with Gasteiger partial charge in [0.1, 0.15) is 11.4 Å². The van der Waals surface area contributed by atoms with Crippen LogP contribution in [0.2, 0.25) is 0 Å². The van der Waals surface area contributed by atoms with E-state index < -0.39 is 0 Å². The first-order valence-electron chi connectivity index (χ1n) is 9.37. The lowest BCUT2D eigenvalue weighted by Crippen LogP contribution is -2.32. The van der Waals surface area contributed by atoms with Crippen molar-refractivity contribution in [1.82, 2.24) is 20.5 Å². The second kappa shape index (κ2) is 9.85. The van der Waals surface area contributed by atoms with Crippen molar-refractivity contribution in [2.45, 2.75) is 53.0 Å². The number of nitrogens with one attached hydrogen (secondary N) is 2. The zero-order valence-electron chi connectivity index (χ0n) is 16.4. The molecule has 2 N–H and O–H groups in total. The smallest absolute Gasteiger partial charge is 0.273 e. The summed E-state index contributed by atoms with van der Waals surface area (Å²) in [5, 5.41) is 11.0. The summed E-state index contributed by atoms with van der Waals surface area (Å²) in [6.07, 6.45) is 1.33. The molecule has 27 heavy (non-hydrogen) atoms. The molecule has 7 nitrogen and oxygen atoms in total. The highest BCUT2D eigenvalue weighted by Crippen LogP contribution is 2.18. The maximum Gasteiger partial charge on any atom is 0.273 e. The highest BCUT2D eigenvalue weighted by atomic mass is 16.5. The average Bonchev–Trinajstić information content (AvgIpc) is 2.65. The van der Waals surface area contributed by atoms with Gasteiger partial charge in [0.25, 0.3) is 5.56 Å². The zero-order chi connectivity index (χ0) is 19.8. The van der Waals surface area contributed by atoms with E-state index in [1.807, 2.05) is 38.1 Å². The van der Waals surface area contributed by atoms with Crippen molar-refractivity contribution in [2.24, 2.45) is 5.92 Å². The number of nitrogens with zero attached hydrogens (tertiary/aromatic N) is 2. The normalized spacial score (nSPS) is 12.0. The number of amides is 1. The van der Waals surface area contributed by atoms with Crippen molar-refractivity contribution in [1.29, 1.82) is 0 Å². The highest BCUT2D eigenvalue weighted by molar-refractivity contribution is 5.76. The lowest BCUT2D eigenvalue weighted by molar-refractivity contribution is -0.121. The molecule has 2 rings (SSSR count). The number of hydrogen-bond acceptors (Lipinski definition) is 5. The van der Waals surface area contributed by atoms with Crippen LogP contribution in [0.3, 0.4) is 0 Å². The standard InChI is InChI=1S/C20H28N4O3/c1-5-14(4)21-18(25)11-10-17-20(26)22-19(24-23-17)15-6-8-16(9-7-15)27-12-13(2)3/h6-9,13-14H,5,10-12H2,1-4H3,(H,21,25)(H,22,24,26)/t14-/m1/s1. The third kappa shape index (κ3) is 6.51. The number of aryl methyl sites for hydroxylation is 1. The van der Waals surface area contributed by atoms with Gasteiger partial charge in [0.2, 0.25) is 5.91 Å². The lowest BCUT2D eigenvalue weighted by Gasteiger charge is -2.10. The van der Waals surface area contributed by atoms with Crippen molar-refractivity contribution >= 4 is 5.91 Å². The number of aromatic nitrogens is 3. The van der Waals surface area contributed by atoms with Gasteiger partial charge in [-0.05, 0) is 43.5 Å². The molecule has 1 amide bonds. The molecule has 146 valence electrons. The van der Waals surface area contributed by atoms with Crippen LogP contribution in [-0.2, 0) is 11.2 Å². The topological polar surface area (TPSA) is 97.0 Å². The molecule has 0 unspecified atom stereocenters. The molecule has 1 atom stereocenters. The number of H-pyrrole nitrogens is 1. The number of aromatic amines is 1. The minimum absolute atomic E-state index is 0.0911. The van der Waals surface area contributed by atoms with E-state index in [2.05, 4.69) is 34.3 Å². The van der Waals surface area contributed by atoms with E-state index in [4.69, 9.17) is 4.74 Å². The van der Waals surface area contributed by atoms with Crippen LogP contribution in [-0.4, -0.2) is 33.7 Å². The second-order valence-corrected chi connectivity index (χ2v) is 7.06. The Kier molecular flexibility index (Phi) is 7.52. The summed E-state index contributed by atoms with van der Waals surface area (Å²) in [4.78, 5) is 26.8. The third-order valence-electron chi connectivity index (χ3n) is 4.08. The van der Waals surface area contributed by atoms with Crippen molar-refractivity contribution in [3.63, 3.8) is 0 Å². The Bertz CT molecular complexity index is 800. The largest absolute Gasteiger partial charge is 0.493 e. The second-order valence-electron chi connectivity index (χ2n) is 7.06. The van der Waals surface area contributed by atoms with Crippen LogP contribution < -0.4 is 15.6 Å². The van der Waals surface area contributed by atoms with Gasteiger partial charge >= 0.3 is 0 Å². The molecule has 0 aliphatic heterocycles. The van der Waals surface area contributed by atoms with Crippen molar-refractivity contribution < 1.29 is 9.53 Å². The predicted molar refractivity (Wildman–Crippen MR) is 105 cm³/mol. The van der Waals surface area contributed by atoms with E-state index in [-0.39, 0.29) is 36.0 Å². The lowest BCUT2D eigenvalue weighted by atomic mass is 10.2. The minimum Gasteiger partial charge on any atom is -0.493 e. The highest BCUT2D eigenvalue weighted by Gasteiger charge is 2.11. The molecule has 0 radical (unpaired) electrons. The quantitative estimate of drug-likeness (QED) is 0.705. The van der Waals surface area contributed by atoms with Crippen molar-refractivity contribution in [3.8, 4) is 17.1 Å². The molecule has 0 spiro atoms. The molecule has 0 aliphatic rings. The minimum atomic E-state index is -0.323. The summed E-state index contributed by atoms with van der Waals surface area (Å²) in [5.74, 6) is 1.52. The van der Waals surface area contributed by atoms with E-state index in [0.717, 1.165) is 17.7 Å². The summed E-state index contributed by atoms with van der Waals surface area (Å²) in [7, 11) is 0. The van der Waals surface area contributed by atoms with Crippen molar-refractivity contribution in [3.05, 3.63) is 40.3 Å². The van der Waals surface area contributed by atoms with Gasteiger partial charge in [-0.15, -0.1) is 10.2 Å². The van der Waals surface area contributed by atoms with Crippen LogP contribution in [0.25, 0.3) is 11.4 Å². The molecule has 2 aromatic rings. The van der Waals surface area contributed by atoms with Crippen LogP contribution in [0.4, 0.5) is 0 Å². The van der Waals surface area contributed by atoms with Gasteiger partial charge in [-0.1, -0.05) is 20.8 Å². The average molecular weight is 372 g/mol. The van der Waals surface area contributed by atoms with E-state index in [0.29, 0.717) is 18.3 Å². The molecule has 0 saturated heterocycles. The van der Waals surface area contributed by atoms with Gasteiger partial charge in [-0.25, -0.2) is 0 Å². The number of carbonyl (C=O) groups is 1. The molecule has 0 aliphatic carbocycles. The van der Waals surface area contributed by atoms with Gasteiger partial charge in [0.15, 0.2) is 5.82 Å². The molecule has 0 bridgehead atoms. The fourth-order valence-corrected chi connectivity index (χ4v) is 2.31. The van der Waals surface area contributed by atoms with Gasteiger partial charge in [-0.3, -0.25) is 9.59 Å². The summed E-state index contributed by atoms with van der Waals surface area (Å²) in [6, 6.07) is 7.45. The van der Waals surface area contributed by atoms with Gasteiger partial charge < -0.3 is 15.0 Å². The maximum absolute atomic E-state index is 12.2. The predicted octanol–water partition coefficient (Wildman–Crippen LogP) is 2.71. The van der Waals surface area contributed by atoms with E-state index >= 15 is 0 Å². The van der Waals surface area contributed by atoms with Gasteiger partial charge in [0, 0.05) is 24.4 Å². The van der Waals surface area contributed by atoms with Gasteiger partial charge in [-0.2, -0.15) is 0 Å². The molecular weight excluding hydrogens is 344 g/mol. The van der Waals surface area contributed by atoms with E-state index in [1.54, 1.807) is 0 Å². The van der Waals surface area contributed by atoms with Crippen LogP contribution in [0.1, 0.15) is 46.2 Å². The Morgan fingerprint density at radius 1 is 1.19 bits per heavy atom. The molecule has 1 aromatic carbocycles. The summed E-state index contributed by atoms with van der Waals surface area (Å²) >= 11 is 0. The number of carbonyl (C=O) groups excluding carboxylic acids is 1. The monoisotopic (exact) mass is 372 g/mol. The Hall–Kier alpha value is -2.70. The van der Waals surface area contributed by atoms with Crippen LogP contribution >= 0.6 is 0 Å². The number of rotatable bonds is 9. The molecule has 0 saturated carbocycles. The number of benzene rings is 1. The van der Waals surface area contributed by atoms with Crippen LogP contribution in [0.5, 0.6) is 5.75 Å². The number of ether oxygens (including phenoxy) is 1. The SMILES string of the molecule is CC[C@@H](C)NC(=O)CCc1nnc(-c2ccc(OCC(C)C)cc2)[nH]c1=O. The fraction of sp³-hybridized carbons (Fsp3) is 0.500. The first-order valence-corrected chi connectivity index (χ1v) is 9.37. The molecule has 0 fully saturated rings. The summed E-state index contributed by atoms with van der Waals surface area (Å²) < 4.78 is 5.65. The van der Waals surface area contributed by atoms with Crippen LogP contribution in [0, 0.1) is 5.92 Å². The molecule has 7 heteroatoms. The van der Waals surface area contributed by atoms with Crippen LogP contribution in [0.15, 0.2) is 29.1 Å². The first-order chi connectivity index (χ1) is 12.9. The fourth-order valence-electron chi connectivity index (χ4n) is 2.31. The Morgan fingerprint density at radius 2 is 1.89 bits per heavy atom. The Morgan fingerprint density at radius 3 is 2.48 bits per heavy atom. The number of hydrogen-bond donors (Lipinski definition) is 2. The zero-order valence-corrected chi connectivity index (χ0v) is 16.4. The van der Waals surface area contributed by atoms with Gasteiger partial charge in [0.05, 0.1) is 6.61 Å². The van der Waals surface area contributed by atoms with E-state index in [1.165, 1.54) is 0 Å². The molecular formula is C20H28N4O3. The Labute approximate surface area is 159 Å². The van der Waals surface area contributed by atoms with E-state index in [9.17, 15) is 9.59 Å². The Balaban J connectivity index is 1.99. The van der Waals surface area contributed by atoms with Crippen molar-refractivity contribution in [2.75, 3.05) is 6.61 Å². The maximum atomic E-state index is 12.2. The third-order valence-corrected chi connectivity index (χ3v) is 4.08.